The maximum Gasteiger partial charge on any atom is 0.338 e. The number of ether oxygens (including phenoxy) is 1. The molecule has 0 unspecified atom stereocenters. The molecule has 0 amide bonds. The summed E-state index contributed by atoms with van der Waals surface area (Å²) >= 11 is 0. The Morgan fingerprint density at radius 1 is 0.963 bits per heavy atom. The molecule has 0 aromatic heterocycles. The van der Waals surface area contributed by atoms with Crippen LogP contribution in [0.25, 0.3) is 0 Å². The number of rotatable bonds is 5. The molecule has 2 rings (SSSR count). The zero-order valence-electron chi connectivity index (χ0n) is 16.1. The smallest absolute Gasteiger partial charge is 0.338 e. The summed E-state index contributed by atoms with van der Waals surface area (Å²) in [6, 6.07) is 12.8. The molecular weight excluding hydrogens is 364 g/mol. The van der Waals surface area contributed by atoms with Crippen LogP contribution >= 0.6 is 0 Å². The van der Waals surface area contributed by atoms with Crippen LogP contribution in [-0.4, -0.2) is 32.5 Å². The summed E-state index contributed by atoms with van der Waals surface area (Å²) in [5.41, 5.74) is 1.61. The molecule has 0 aliphatic heterocycles. The molecule has 0 fully saturated rings. The maximum atomic E-state index is 12.5. The molecule has 0 aliphatic rings. The molecule has 5 nitrogen and oxygen atoms in total. The Hall–Kier alpha value is -2.47. The van der Waals surface area contributed by atoms with Gasteiger partial charge in [-0.1, -0.05) is 51.1 Å². The minimum atomic E-state index is -3.44. The van der Waals surface area contributed by atoms with Crippen molar-refractivity contribution in [1.82, 2.24) is 0 Å². The van der Waals surface area contributed by atoms with Gasteiger partial charge in [0.2, 0.25) is 5.78 Å². The Balaban J connectivity index is 2.13. The maximum absolute atomic E-state index is 12.5. The summed E-state index contributed by atoms with van der Waals surface area (Å²) in [5.74, 6) is -1.06. The molecule has 1 atom stereocenters. The van der Waals surface area contributed by atoms with Crippen molar-refractivity contribution in [3.63, 3.8) is 0 Å². The largest absolute Gasteiger partial charge is 0.451 e. The van der Waals surface area contributed by atoms with Crippen molar-refractivity contribution in [2.75, 3.05) is 6.26 Å². The van der Waals surface area contributed by atoms with E-state index in [1.807, 2.05) is 12.1 Å². The normalized spacial score (nSPS) is 13.1. The number of hydrogen-bond acceptors (Lipinski definition) is 5. The van der Waals surface area contributed by atoms with E-state index in [1.165, 1.54) is 31.2 Å². The van der Waals surface area contributed by atoms with E-state index >= 15 is 0 Å². The van der Waals surface area contributed by atoms with Gasteiger partial charge in [-0.25, -0.2) is 13.2 Å². The lowest BCUT2D eigenvalue weighted by Gasteiger charge is -2.19. The van der Waals surface area contributed by atoms with Crippen LogP contribution in [0.5, 0.6) is 0 Å². The molecule has 0 saturated carbocycles. The summed E-state index contributed by atoms with van der Waals surface area (Å²) in [6.07, 6.45) is 0.0741. The topological polar surface area (TPSA) is 77.5 Å². The van der Waals surface area contributed by atoms with Crippen LogP contribution in [0.3, 0.4) is 0 Å². The van der Waals surface area contributed by atoms with E-state index in [0.717, 1.165) is 11.8 Å². The van der Waals surface area contributed by atoms with Gasteiger partial charge in [0.15, 0.2) is 15.9 Å². The van der Waals surface area contributed by atoms with Crippen molar-refractivity contribution in [1.29, 1.82) is 0 Å². The van der Waals surface area contributed by atoms with Crippen molar-refractivity contribution in [3.8, 4) is 0 Å². The van der Waals surface area contributed by atoms with E-state index in [1.54, 1.807) is 12.1 Å². The molecule has 27 heavy (non-hydrogen) atoms. The van der Waals surface area contributed by atoms with Gasteiger partial charge in [0.1, 0.15) is 0 Å². The number of sulfone groups is 1. The van der Waals surface area contributed by atoms with Gasteiger partial charge in [0.05, 0.1) is 10.5 Å². The molecule has 0 aliphatic carbocycles. The molecule has 0 heterocycles. The second-order valence-corrected chi connectivity index (χ2v) is 9.55. The van der Waals surface area contributed by atoms with Gasteiger partial charge in [-0.2, -0.15) is 0 Å². The lowest BCUT2D eigenvalue weighted by Crippen LogP contribution is -2.24. The summed E-state index contributed by atoms with van der Waals surface area (Å²) < 4.78 is 28.5. The molecule has 0 saturated heterocycles. The van der Waals surface area contributed by atoms with Crippen molar-refractivity contribution in [2.24, 2.45) is 0 Å². The molecule has 144 valence electrons. The Labute approximate surface area is 160 Å². The van der Waals surface area contributed by atoms with E-state index < -0.39 is 21.9 Å². The van der Waals surface area contributed by atoms with Gasteiger partial charge in [-0.05, 0) is 36.1 Å². The van der Waals surface area contributed by atoms with Gasteiger partial charge in [0.25, 0.3) is 0 Å². The standard InChI is InChI=1S/C21H24O5S/c1-14(19(22)15-9-11-17(12-10-15)21(2,3)4)26-20(23)16-7-6-8-18(13-16)27(5,24)25/h6-14H,1-5H3/t14-/m0/s1. The number of carbonyl (C=O) groups excluding carboxylic acids is 2. The highest BCUT2D eigenvalue weighted by atomic mass is 32.2. The van der Waals surface area contributed by atoms with Crippen LogP contribution in [0.2, 0.25) is 0 Å². The van der Waals surface area contributed by atoms with Gasteiger partial charge in [-0.15, -0.1) is 0 Å². The second-order valence-electron chi connectivity index (χ2n) is 7.54. The first-order chi connectivity index (χ1) is 12.4. The van der Waals surface area contributed by atoms with Crippen molar-refractivity contribution >= 4 is 21.6 Å². The van der Waals surface area contributed by atoms with Crippen LogP contribution in [0.1, 0.15) is 54.0 Å². The number of Topliss-reactive ketones (excluding diaryl/α,β-unsaturated/α-hetero) is 1. The van der Waals surface area contributed by atoms with E-state index in [-0.39, 0.29) is 21.7 Å². The molecule has 0 radical (unpaired) electrons. The first-order valence-corrected chi connectivity index (χ1v) is 10.4. The number of carbonyl (C=O) groups is 2. The summed E-state index contributed by atoms with van der Waals surface area (Å²) in [7, 11) is -3.44. The first kappa shape index (κ1) is 20.8. The highest BCUT2D eigenvalue weighted by Gasteiger charge is 2.22. The number of ketones is 1. The average Bonchev–Trinajstić information content (AvgIpc) is 2.59. The fraction of sp³-hybridized carbons (Fsp3) is 0.333. The van der Waals surface area contributed by atoms with Crippen LogP contribution in [0.4, 0.5) is 0 Å². The number of benzene rings is 2. The zero-order chi connectivity index (χ0) is 20.4. The van der Waals surface area contributed by atoms with Crippen LogP contribution < -0.4 is 0 Å². The quantitative estimate of drug-likeness (QED) is 0.575. The van der Waals surface area contributed by atoms with E-state index in [0.29, 0.717) is 5.56 Å². The van der Waals surface area contributed by atoms with Gasteiger partial charge in [0, 0.05) is 11.8 Å². The summed E-state index contributed by atoms with van der Waals surface area (Å²) in [5, 5.41) is 0. The summed E-state index contributed by atoms with van der Waals surface area (Å²) in [6.45, 7) is 7.74. The first-order valence-electron chi connectivity index (χ1n) is 8.55. The Morgan fingerprint density at radius 3 is 2.07 bits per heavy atom. The van der Waals surface area contributed by atoms with Gasteiger partial charge in [-0.3, -0.25) is 4.79 Å². The van der Waals surface area contributed by atoms with Crippen molar-refractivity contribution in [2.45, 2.75) is 44.1 Å². The predicted octanol–water partition coefficient (Wildman–Crippen LogP) is 3.82. The average molecular weight is 388 g/mol. The fourth-order valence-electron chi connectivity index (χ4n) is 2.51. The minimum Gasteiger partial charge on any atom is -0.451 e. The molecule has 6 heteroatoms. The third-order valence-electron chi connectivity index (χ3n) is 4.19. The van der Waals surface area contributed by atoms with Crippen molar-refractivity contribution in [3.05, 3.63) is 65.2 Å². The Bertz CT molecular complexity index is 951. The second kappa shape index (κ2) is 7.64. The van der Waals surface area contributed by atoms with E-state index in [4.69, 9.17) is 4.74 Å². The molecule has 2 aromatic rings. The van der Waals surface area contributed by atoms with Gasteiger partial charge < -0.3 is 4.74 Å². The number of esters is 1. The number of hydrogen-bond donors (Lipinski definition) is 0. The van der Waals surface area contributed by atoms with Crippen LogP contribution in [-0.2, 0) is 20.0 Å². The lowest BCUT2D eigenvalue weighted by atomic mass is 9.86. The molecular formula is C21H24O5S. The Morgan fingerprint density at radius 2 is 1.56 bits per heavy atom. The fourth-order valence-corrected chi connectivity index (χ4v) is 3.17. The summed E-state index contributed by atoms with van der Waals surface area (Å²) in [4.78, 5) is 24.8. The predicted molar refractivity (Wildman–Crippen MR) is 104 cm³/mol. The highest BCUT2D eigenvalue weighted by molar-refractivity contribution is 7.90. The Kier molecular flexibility index (Phi) is 5.90. The van der Waals surface area contributed by atoms with E-state index in [9.17, 15) is 18.0 Å². The zero-order valence-corrected chi connectivity index (χ0v) is 17.0. The molecule has 0 bridgehead atoms. The van der Waals surface area contributed by atoms with Crippen LogP contribution in [0.15, 0.2) is 53.4 Å². The van der Waals surface area contributed by atoms with E-state index in [2.05, 4.69) is 20.8 Å². The third-order valence-corrected chi connectivity index (χ3v) is 5.30. The molecule has 0 N–H and O–H groups in total. The van der Waals surface area contributed by atoms with Crippen LogP contribution in [0, 0.1) is 0 Å². The highest BCUT2D eigenvalue weighted by Crippen LogP contribution is 2.23. The molecule has 2 aromatic carbocycles. The van der Waals surface area contributed by atoms with Crippen molar-refractivity contribution < 1.29 is 22.7 Å². The third kappa shape index (κ3) is 5.26. The lowest BCUT2D eigenvalue weighted by molar-refractivity contribution is 0.0318. The SMILES string of the molecule is C[C@H](OC(=O)c1cccc(S(C)(=O)=O)c1)C(=O)c1ccc(C(C)(C)C)cc1. The monoisotopic (exact) mass is 388 g/mol. The minimum absolute atomic E-state index is 0.0219. The van der Waals surface area contributed by atoms with Gasteiger partial charge >= 0.3 is 5.97 Å². The molecule has 0 spiro atoms.